The molecule has 2 N–H and O–H groups in total. The Balaban J connectivity index is 2.11. The van der Waals surface area contributed by atoms with Gasteiger partial charge in [0.25, 0.3) is 0 Å². The van der Waals surface area contributed by atoms with Crippen LogP contribution in [0.4, 0.5) is 5.82 Å². The first-order chi connectivity index (χ1) is 12.2. The number of hydrogen-bond acceptors (Lipinski definition) is 5. The molecule has 0 aliphatic carbocycles. The number of pyridine rings is 1. The first-order valence-corrected chi connectivity index (χ1v) is 9.23. The second-order valence-electron chi connectivity index (χ2n) is 5.90. The van der Waals surface area contributed by atoms with E-state index in [0.717, 1.165) is 64.5 Å². The van der Waals surface area contributed by atoms with Crippen molar-refractivity contribution < 1.29 is 4.84 Å². The molecule has 1 aromatic carbocycles. The minimum absolute atomic E-state index is 0.484. The van der Waals surface area contributed by atoms with Crippen LogP contribution in [0.25, 0.3) is 21.9 Å². The lowest BCUT2D eigenvalue weighted by Gasteiger charge is -2.10. The Hall–Kier alpha value is -2.15. The SMILES string of the molecule is CCCc1nc2c(N)nc3cc(Br)ccc3c2n1CCCC=NOC. The zero-order valence-electron chi connectivity index (χ0n) is 14.5. The minimum Gasteiger partial charge on any atom is -0.399 e. The van der Waals surface area contributed by atoms with Gasteiger partial charge in [-0.15, -0.1) is 0 Å². The molecule has 0 saturated carbocycles. The van der Waals surface area contributed by atoms with Gasteiger partial charge < -0.3 is 15.1 Å². The molecule has 3 aromatic rings. The standard InChI is InChI=1S/C18H22BrN5O/c1-3-6-15-23-16-17(24(15)10-5-4-9-21-25-2)13-8-7-12(19)11-14(13)22-18(16)20/h7-9,11H,3-6,10H2,1-2H3,(H2,20,22). The van der Waals surface area contributed by atoms with Gasteiger partial charge in [0.05, 0.1) is 11.0 Å². The molecule has 0 aliphatic rings. The van der Waals surface area contributed by atoms with E-state index in [1.165, 1.54) is 0 Å². The van der Waals surface area contributed by atoms with Gasteiger partial charge in [0.1, 0.15) is 18.5 Å². The number of hydrogen-bond donors (Lipinski definition) is 1. The highest BCUT2D eigenvalue weighted by Gasteiger charge is 2.16. The van der Waals surface area contributed by atoms with Crippen molar-refractivity contribution in [2.75, 3.05) is 12.8 Å². The van der Waals surface area contributed by atoms with Crippen molar-refractivity contribution in [1.82, 2.24) is 14.5 Å². The van der Waals surface area contributed by atoms with Crippen LogP contribution in [0, 0.1) is 0 Å². The number of anilines is 1. The first kappa shape index (κ1) is 17.7. The maximum Gasteiger partial charge on any atom is 0.152 e. The van der Waals surface area contributed by atoms with Crippen LogP contribution in [0.5, 0.6) is 0 Å². The van der Waals surface area contributed by atoms with Gasteiger partial charge in [-0.25, -0.2) is 9.97 Å². The summed E-state index contributed by atoms with van der Waals surface area (Å²) in [6.07, 6.45) is 5.55. The van der Waals surface area contributed by atoms with Gasteiger partial charge in [0.2, 0.25) is 0 Å². The molecule has 3 rings (SSSR count). The number of nitrogens with two attached hydrogens (primary N) is 1. The van der Waals surface area contributed by atoms with Gasteiger partial charge >= 0.3 is 0 Å². The number of nitrogen functional groups attached to an aromatic ring is 1. The zero-order chi connectivity index (χ0) is 17.8. The molecule has 0 unspecified atom stereocenters. The molecule has 132 valence electrons. The van der Waals surface area contributed by atoms with E-state index in [1.807, 2.05) is 12.1 Å². The Bertz CT molecular complexity index is 919. The summed E-state index contributed by atoms with van der Waals surface area (Å²) in [5.74, 6) is 1.54. The van der Waals surface area contributed by atoms with E-state index >= 15 is 0 Å². The molecule has 0 aliphatic heterocycles. The van der Waals surface area contributed by atoms with Crippen molar-refractivity contribution in [1.29, 1.82) is 0 Å². The van der Waals surface area contributed by atoms with Crippen molar-refractivity contribution in [3.8, 4) is 0 Å². The van der Waals surface area contributed by atoms with Gasteiger partial charge in [-0.3, -0.25) is 0 Å². The maximum absolute atomic E-state index is 6.21. The number of halogens is 1. The summed E-state index contributed by atoms with van der Waals surface area (Å²) in [4.78, 5) is 14.0. The Kier molecular flexibility index (Phi) is 5.53. The zero-order valence-corrected chi connectivity index (χ0v) is 16.1. The summed E-state index contributed by atoms with van der Waals surface area (Å²) in [5.41, 5.74) is 8.95. The van der Waals surface area contributed by atoms with E-state index in [-0.39, 0.29) is 0 Å². The predicted molar refractivity (Wildman–Crippen MR) is 106 cm³/mol. The fraction of sp³-hybridized carbons (Fsp3) is 0.389. The Morgan fingerprint density at radius 1 is 1.36 bits per heavy atom. The number of fused-ring (bicyclic) bond motifs is 3. The Labute approximate surface area is 155 Å². The molecule has 0 atom stereocenters. The number of nitrogens with zero attached hydrogens (tertiary/aromatic N) is 4. The molecule has 0 spiro atoms. The number of unbranched alkanes of at least 4 members (excludes halogenated alkanes) is 1. The van der Waals surface area contributed by atoms with Gasteiger partial charge in [0.15, 0.2) is 5.82 Å². The average molecular weight is 404 g/mol. The monoisotopic (exact) mass is 403 g/mol. The molecule has 6 nitrogen and oxygen atoms in total. The highest BCUT2D eigenvalue weighted by Crippen LogP contribution is 2.31. The summed E-state index contributed by atoms with van der Waals surface area (Å²) in [5, 5.41) is 4.88. The predicted octanol–water partition coefficient (Wildman–Crippen LogP) is 4.29. The van der Waals surface area contributed by atoms with Crippen LogP contribution >= 0.6 is 15.9 Å². The third-order valence-corrected chi connectivity index (χ3v) is 4.61. The number of oxime groups is 1. The number of benzene rings is 1. The molecular formula is C18H22BrN5O. The van der Waals surface area contributed by atoms with Crippen LogP contribution in [-0.2, 0) is 17.8 Å². The van der Waals surface area contributed by atoms with Gasteiger partial charge in [-0.05, 0) is 37.5 Å². The van der Waals surface area contributed by atoms with Gasteiger partial charge in [-0.2, -0.15) is 0 Å². The van der Waals surface area contributed by atoms with E-state index in [4.69, 9.17) is 15.6 Å². The molecule has 7 heteroatoms. The number of aryl methyl sites for hydroxylation is 2. The summed E-state index contributed by atoms with van der Waals surface area (Å²) in [6.45, 7) is 3.02. The molecule has 0 amide bonds. The Morgan fingerprint density at radius 2 is 2.20 bits per heavy atom. The molecule has 2 heterocycles. The van der Waals surface area contributed by atoms with Crippen LogP contribution in [0.2, 0.25) is 0 Å². The number of rotatable bonds is 7. The smallest absolute Gasteiger partial charge is 0.152 e. The van der Waals surface area contributed by atoms with Crippen molar-refractivity contribution in [2.24, 2.45) is 5.16 Å². The number of aromatic nitrogens is 3. The molecule has 2 aromatic heterocycles. The highest BCUT2D eigenvalue weighted by molar-refractivity contribution is 9.10. The van der Waals surface area contributed by atoms with Crippen LogP contribution < -0.4 is 5.73 Å². The summed E-state index contributed by atoms with van der Waals surface area (Å²) < 4.78 is 3.27. The molecular weight excluding hydrogens is 382 g/mol. The van der Waals surface area contributed by atoms with Crippen LogP contribution in [-0.4, -0.2) is 27.9 Å². The molecule has 0 saturated heterocycles. The Morgan fingerprint density at radius 3 is 2.96 bits per heavy atom. The largest absolute Gasteiger partial charge is 0.399 e. The average Bonchev–Trinajstić information content (AvgIpc) is 2.94. The fourth-order valence-electron chi connectivity index (χ4n) is 3.05. The quantitative estimate of drug-likeness (QED) is 0.362. The van der Waals surface area contributed by atoms with E-state index < -0.39 is 0 Å². The summed E-state index contributed by atoms with van der Waals surface area (Å²) in [7, 11) is 1.55. The van der Waals surface area contributed by atoms with Crippen molar-refractivity contribution >= 4 is 49.9 Å². The van der Waals surface area contributed by atoms with Gasteiger partial charge in [-0.1, -0.05) is 28.0 Å². The molecule has 0 bridgehead atoms. The topological polar surface area (TPSA) is 78.3 Å². The molecule has 0 fully saturated rings. The summed E-state index contributed by atoms with van der Waals surface area (Å²) >= 11 is 3.51. The first-order valence-electron chi connectivity index (χ1n) is 8.44. The highest BCUT2D eigenvalue weighted by atomic mass is 79.9. The fourth-order valence-corrected chi connectivity index (χ4v) is 3.40. The molecule has 0 radical (unpaired) electrons. The maximum atomic E-state index is 6.21. The van der Waals surface area contributed by atoms with E-state index in [1.54, 1.807) is 13.3 Å². The van der Waals surface area contributed by atoms with E-state index in [9.17, 15) is 0 Å². The third-order valence-electron chi connectivity index (χ3n) is 4.11. The molecule has 25 heavy (non-hydrogen) atoms. The third kappa shape index (κ3) is 3.61. The minimum atomic E-state index is 0.484. The normalized spacial score (nSPS) is 11.8. The second-order valence-corrected chi connectivity index (χ2v) is 6.81. The van der Waals surface area contributed by atoms with Gasteiger partial charge in [0, 0.05) is 29.0 Å². The summed E-state index contributed by atoms with van der Waals surface area (Å²) in [6, 6.07) is 6.10. The van der Waals surface area contributed by atoms with Crippen LogP contribution in [0.1, 0.15) is 32.0 Å². The lowest BCUT2D eigenvalue weighted by molar-refractivity contribution is 0.214. The van der Waals surface area contributed by atoms with Crippen molar-refractivity contribution in [2.45, 2.75) is 39.2 Å². The van der Waals surface area contributed by atoms with E-state index in [0.29, 0.717) is 5.82 Å². The van der Waals surface area contributed by atoms with Crippen molar-refractivity contribution in [3.05, 3.63) is 28.5 Å². The lowest BCUT2D eigenvalue weighted by atomic mass is 10.2. The van der Waals surface area contributed by atoms with Crippen molar-refractivity contribution in [3.63, 3.8) is 0 Å². The van der Waals surface area contributed by atoms with E-state index in [2.05, 4.69) is 43.6 Å². The lowest BCUT2D eigenvalue weighted by Crippen LogP contribution is -2.05. The number of imidazole rings is 1. The second kappa shape index (κ2) is 7.82. The van der Waals surface area contributed by atoms with Crippen LogP contribution in [0.15, 0.2) is 27.8 Å². The van der Waals surface area contributed by atoms with Crippen LogP contribution in [0.3, 0.4) is 0 Å².